The van der Waals surface area contributed by atoms with Crippen LogP contribution in [0.15, 0.2) is 17.5 Å². The number of hydrogen-bond donors (Lipinski definition) is 1. The molecule has 3 rings (SSSR count). The van der Waals surface area contributed by atoms with Gasteiger partial charge in [-0.1, -0.05) is 25.3 Å². The number of nitrogens with zero attached hydrogens (tertiary/aromatic N) is 1. The SMILES string of the molecule is COCCCNC(=O)C1CN(C(=O)c2cccs2)CC12CCCCC2. The normalized spacial score (nSPS) is 22.3. The third kappa shape index (κ3) is 4.06. The molecule has 0 radical (unpaired) electrons. The van der Waals surface area contributed by atoms with Crippen molar-refractivity contribution in [2.24, 2.45) is 11.3 Å². The van der Waals surface area contributed by atoms with E-state index in [9.17, 15) is 9.59 Å². The number of nitrogens with one attached hydrogen (secondary N) is 1. The molecule has 0 aromatic carbocycles. The number of rotatable bonds is 6. The van der Waals surface area contributed by atoms with E-state index in [1.165, 1.54) is 17.8 Å². The Balaban J connectivity index is 1.70. The van der Waals surface area contributed by atoms with Crippen molar-refractivity contribution in [2.75, 3.05) is 33.4 Å². The highest BCUT2D eigenvalue weighted by atomic mass is 32.1. The van der Waals surface area contributed by atoms with Crippen LogP contribution in [0.2, 0.25) is 0 Å². The molecule has 2 fully saturated rings. The topological polar surface area (TPSA) is 58.6 Å². The number of carbonyl (C=O) groups is 2. The zero-order valence-electron chi connectivity index (χ0n) is 15.0. The summed E-state index contributed by atoms with van der Waals surface area (Å²) in [6, 6.07) is 3.78. The molecule has 1 atom stereocenters. The van der Waals surface area contributed by atoms with Crippen LogP contribution in [0.4, 0.5) is 0 Å². The van der Waals surface area contributed by atoms with Gasteiger partial charge in [-0.05, 0) is 30.7 Å². The van der Waals surface area contributed by atoms with Crippen LogP contribution in [0.5, 0.6) is 0 Å². The minimum atomic E-state index is -0.0840. The van der Waals surface area contributed by atoms with Crippen molar-refractivity contribution < 1.29 is 14.3 Å². The zero-order chi connectivity index (χ0) is 17.7. The lowest BCUT2D eigenvalue weighted by Crippen LogP contribution is -2.42. The molecule has 1 aliphatic heterocycles. The highest BCUT2D eigenvalue weighted by Gasteiger charge is 2.51. The third-order valence-electron chi connectivity index (χ3n) is 5.66. The number of hydrogen-bond acceptors (Lipinski definition) is 4. The second-order valence-electron chi connectivity index (χ2n) is 7.28. The highest BCUT2D eigenvalue weighted by Crippen LogP contribution is 2.48. The summed E-state index contributed by atoms with van der Waals surface area (Å²) in [5.41, 5.74) is -0.0312. The van der Waals surface area contributed by atoms with Crippen LogP contribution in [-0.2, 0) is 9.53 Å². The summed E-state index contributed by atoms with van der Waals surface area (Å²) in [6.07, 6.45) is 6.49. The summed E-state index contributed by atoms with van der Waals surface area (Å²) in [4.78, 5) is 28.3. The molecule has 0 bridgehead atoms. The van der Waals surface area contributed by atoms with Crippen molar-refractivity contribution in [1.29, 1.82) is 0 Å². The van der Waals surface area contributed by atoms with E-state index >= 15 is 0 Å². The molecular formula is C19H28N2O3S. The molecule has 25 heavy (non-hydrogen) atoms. The number of likely N-dealkylation sites (tertiary alicyclic amines) is 1. The van der Waals surface area contributed by atoms with Crippen LogP contribution in [0.25, 0.3) is 0 Å². The number of methoxy groups -OCH3 is 1. The average Bonchev–Trinajstić information content (AvgIpc) is 3.27. The first kappa shape index (κ1) is 18.4. The lowest BCUT2D eigenvalue weighted by atomic mass is 9.67. The van der Waals surface area contributed by atoms with Gasteiger partial charge >= 0.3 is 0 Å². The molecule has 5 nitrogen and oxygen atoms in total. The van der Waals surface area contributed by atoms with Gasteiger partial charge in [0, 0.05) is 38.8 Å². The first-order chi connectivity index (χ1) is 12.2. The Morgan fingerprint density at radius 1 is 1.36 bits per heavy atom. The molecule has 1 N–H and O–H groups in total. The maximum absolute atomic E-state index is 12.8. The summed E-state index contributed by atoms with van der Waals surface area (Å²) in [5, 5.41) is 5.00. The second kappa shape index (κ2) is 8.32. The first-order valence-corrected chi connectivity index (χ1v) is 10.1. The Kier molecular flexibility index (Phi) is 6.12. The average molecular weight is 365 g/mol. The van der Waals surface area contributed by atoms with E-state index in [0.717, 1.165) is 43.5 Å². The fourth-order valence-electron chi connectivity index (χ4n) is 4.35. The van der Waals surface area contributed by atoms with E-state index in [2.05, 4.69) is 5.32 Å². The Morgan fingerprint density at radius 2 is 2.16 bits per heavy atom. The molecule has 1 spiro atoms. The van der Waals surface area contributed by atoms with Gasteiger partial charge in [0.25, 0.3) is 5.91 Å². The minimum absolute atomic E-state index is 0.0312. The van der Waals surface area contributed by atoms with Crippen molar-refractivity contribution >= 4 is 23.2 Å². The fourth-order valence-corrected chi connectivity index (χ4v) is 5.05. The van der Waals surface area contributed by atoms with Crippen molar-refractivity contribution in [1.82, 2.24) is 10.2 Å². The smallest absolute Gasteiger partial charge is 0.263 e. The number of ether oxygens (including phenoxy) is 1. The van der Waals surface area contributed by atoms with Crippen LogP contribution < -0.4 is 5.32 Å². The predicted molar refractivity (Wildman–Crippen MR) is 98.7 cm³/mol. The van der Waals surface area contributed by atoms with Gasteiger partial charge in [-0.15, -0.1) is 11.3 Å². The van der Waals surface area contributed by atoms with Crippen molar-refractivity contribution in [3.63, 3.8) is 0 Å². The highest BCUT2D eigenvalue weighted by molar-refractivity contribution is 7.12. The van der Waals surface area contributed by atoms with Gasteiger partial charge in [0.05, 0.1) is 10.8 Å². The molecule has 1 saturated heterocycles. The molecule has 1 aliphatic carbocycles. The van der Waals surface area contributed by atoms with E-state index in [0.29, 0.717) is 19.7 Å². The van der Waals surface area contributed by atoms with Gasteiger partial charge in [-0.25, -0.2) is 0 Å². The molecule has 1 aromatic heterocycles. The van der Waals surface area contributed by atoms with E-state index in [1.807, 2.05) is 22.4 Å². The van der Waals surface area contributed by atoms with Crippen LogP contribution in [0.1, 0.15) is 48.2 Å². The molecule has 6 heteroatoms. The molecule has 1 saturated carbocycles. The molecule has 1 unspecified atom stereocenters. The Morgan fingerprint density at radius 3 is 2.84 bits per heavy atom. The summed E-state index contributed by atoms with van der Waals surface area (Å²) in [5.74, 6) is 0.105. The van der Waals surface area contributed by atoms with Gasteiger partial charge in [-0.3, -0.25) is 9.59 Å². The van der Waals surface area contributed by atoms with Crippen molar-refractivity contribution in [3.8, 4) is 0 Å². The zero-order valence-corrected chi connectivity index (χ0v) is 15.8. The predicted octanol–water partition coefficient (Wildman–Crippen LogP) is 2.92. The summed E-state index contributed by atoms with van der Waals surface area (Å²) in [6.45, 7) is 2.56. The first-order valence-electron chi connectivity index (χ1n) is 9.26. The lowest BCUT2D eigenvalue weighted by molar-refractivity contribution is -0.128. The van der Waals surface area contributed by atoms with Gasteiger partial charge < -0.3 is 15.0 Å². The monoisotopic (exact) mass is 364 g/mol. The van der Waals surface area contributed by atoms with E-state index in [-0.39, 0.29) is 23.1 Å². The number of thiophene rings is 1. The molecular weight excluding hydrogens is 336 g/mol. The molecule has 2 amide bonds. The van der Waals surface area contributed by atoms with E-state index < -0.39 is 0 Å². The van der Waals surface area contributed by atoms with Gasteiger partial charge in [0.2, 0.25) is 5.91 Å². The third-order valence-corrected chi connectivity index (χ3v) is 6.52. The Hall–Kier alpha value is -1.40. The molecule has 2 aliphatic rings. The summed E-state index contributed by atoms with van der Waals surface area (Å²) >= 11 is 1.48. The van der Waals surface area contributed by atoms with Crippen molar-refractivity contribution in [3.05, 3.63) is 22.4 Å². The van der Waals surface area contributed by atoms with Crippen LogP contribution in [-0.4, -0.2) is 50.1 Å². The minimum Gasteiger partial charge on any atom is -0.385 e. The Labute approximate surface area is 153 Å². The molecule has 1 aromatic rings. The van der Waals surface area contributed by atoms with Crippen LogP contribution in [0.3, 0.4) is 0 Å². The van der Waals surface area contributed by atoms with Crippen LogP contribution in [0, 0.1) is 11.3 Å². The van der Waals surface area contributed by atoms with Gasteiger partial charge in [-0.2, -0.15) is 0 Å². The number of amides is 2. The molecule has 2 heterocycles. The quantitative estimate of drug-likeness (QED) is 0.790. The van der Waals surface area contributed by atoms with Crippen molar-refractivity contribution in [2.45, 2.75) is 38.5 Å². The summed E-state index contributed by atoms with van der Waals surface area (Å²) in [7, 11) is 1.67. The maximum Gasteiger partial charge on any atom is 0.263 e. The number of carbonyl (C=O) groups excluding carboxylic acids is 2. The van der Waals surface area contributed by atoms with E-state index in [1.54, 1.807) is 7.11 Å². The lowest BCUT2D eigenvalue weighted by Gasteiger charge is -2.37. The summed E-state index contributed by atoms with van der Waals surface area (Å²) < 4.78 is 5.05. The largest absolute Gasteiger partial charge is 0.385 e. The standard InChI is InChI=1S/C19H28N2O3S/c1-24-11-6-10-20-17(22)15-13-21(18(23)16-7-5-12-25-16)14-19(15)8-3-2-4-9-19/h5,7,12,15H,2-4,6,8-11,13-14H2,1H3,(H,20,22). The second-order valence-corrected chi connectivity index (χ2v) is 8.22. The fraction of sp³-hybridized carbons (Fsp3) is 0.684. The van der Waals surface area contributed by atoms with Gasteiger partial charge in [0.1, 0.15) is 0 Å². The maximum atomic E-state index is 12.8. The van der Waals surface area contributed by atoms with Crippen LogP contribution >= 0.6 is 11.3 Å². The molecule has 138 valence electrons. The van der Waals surface area contributed by atoms with E-state index in [4.69, 9.17) is 4.74 Å². The van der Waals surface area contributed by atoms with Gasteiger partial charge in [0.15, 0.2) is 0 Å². The Bertz CT molecular complexity index is 581.